The third kappa shape index (κ3) is 2.56. The maximum absolute atomic E-state index is 12.7. The average molecular weight is 281 g/mol. The molecule has 1 aliphatic heterocycles. The summed E-state index contributed by atoms with van der Waals surface area (Å²) >= 11 is 0. The molecule has 2 aromatic rings. The van der Waals surface area contributed by atoms with Crippen molar-refractivity contribution in [2.45, 2.75) is 18.6 Å². The number of hydrogen-bond donors (Lipinski definition) is 1. The minimum Gasteiger partial charge on any atom is -0.330 e. The number of imidazole rings is 1. The van der Waals surface area contributed by atoms with E-state index in [1.807, 2.05) is 4.57 Å². The fraction of sp³-hybridized carbons (Fsp3) is 0.357. The molecule has 1 N–H and O–H groups in total. The summed E-state index contributed by atoms with van der Waals surface area (Å²) in [4.78, 5) is 4.11. The Morgan fingerprint density at radius 1 is 1.30 bits per heavy atom. The van der Waals surface area contributed by atoms with Crippen LogP contribution in [0.5, 0.6) is 0 Å². The number of nitrogens with zero attached hydrogens (tertiary/aromatic N) is 2. The van der Waals surface area contributed by atoms with Crippen LogP contribution < -0.4 is 5.32 Å². The van der Waals surface area contributed by atoms with Crippen LogP contribution in [0.4, 0.5) is 13.2 Å². The highest BCUT2D eigenvalue weighted by Gasteiger charge is 2.30. The molecule has 0 saturated carbocycles. The lowest BCUT2D eigenvalue weighted by Crippen LogP contribution is -2.40. The van der Waals surface area contributed by atoms with Gasteiger partial charge in [-0.3, -0.25) is 0 Å². The first-order chi connectivity index (χ1) is 9.54. The minimum absolute atomic E-state index is 0.406. The Morgan fingerprint density at radius 3 is 2.75 bits per heavy atom. The van der Waals surface area contributed by atoms with Crippen LogP contribution in [-0.4, -0.2) is 22.6 Å². The van der Waals surface area contributed by atoms with E-state index < -0.39 is 11.7 Å². The lowest BCUT2D eigenvalue weighted by atomic mass is 9.99. The summed E-state index contributed by atoms with van der Waals surface area (Å²) in [6, 6.07) is 5.44. The first kappa shape index (κ1) is 13.2. The number of benzene rings is 1. The highest BCUT2D eigenvalue weighted by atomic mass is 19.4. The molecular formula is C14H14F3N3. The summed E-state index contributed by atoms with van der Waals surface area (Å²) in [6.45, 7) is 2.21. The second kappa shape index (κ2) is 4.94. The highest BCUT2D eigenvalue weighted by molar-refractivity contribution is 5.26. The van der Waals surface area contributed by atoms with E-state index in [1.165, 1.54) is 12.1 Å². The van der Waals surface area contributed by atoms with E-state index in [0.29, 0.717) is 18.0 Å². The summed E-state index contributed by atoms with van der Waals surface area (Å²) in [5.41, 5.74) is 1.09. The number of halogens is 3. The van der Waals surface area contributed by atoms with E-state index in [1.54, 1.807) is 18.6 Å². The Bertz CT molecular complexity index is 600. The lowest BCUT2D eigenvalue weighted by molar-refractivity contribution is -0.137. The molecule has 0 atom stereocenters. The predicted molar refractivity (Wildman–Crippen MR) is 68.4 cm³/mol. The van der Waals surface area contributed by atoms with Gasteiger partial charge in [0, 0.05) is 37.4 Å². The molecule has 1 aromatic heterocycles. The molecular weight excluding hydrogens is 267 g/mol. The molecule has 106 valence electrons. The zero-order valence-corrected chi connectivity index (χ0v) is 10.7. The maximum Gasteiger partial charge on any atom is 0.416 e. The van der Waals surface area contributed by atoms with Gasteiger partial charge in [-0.25, -0.2) is 4.98 Å². The van der Waals surface area contributed by atoms with Gasteiger partial charge in [-0.1, -0.05) is 12.1 Å². The van der Waals surface area contributed by atoms with Gasteiger partial charge in [0.25, 0.3) is 0 Å². The molecule has 2 heterocycles. The summed E-state index contributed by atoms with van der Waals surface area (Å²) in [6.07, 6.45) is -0.835. The monoisotopic (exact) mass is 281 g/mol. The van der Waals surface area contributed by atoms with E-state index in [9.17, 15) is 13.2 Å². The van der Waals surface area contributed by atoms with Crippen LogP contribution in [-0.2, 0) is 12.7 Å². The smallest absolute Gasteiger partial charge is 0.330 e. The molecule has 1 aromatic carbocycles. The Balaban J connectivity index is 1.83. The molecule has 1 aliphatic rings. The molecule has 0 spiro atoms. The molecule has 0 unspecified atom stereocenters. The topological polar surface area (TPSA) is 29.9 Å². The van der Waals surface area contributed by atoms with Crippen molar-refractivity contribution in [3.63, 3.8) is 0 Å². The third-order valence-electron chi connectivity index (χ3n) is 3.55. The van der Waals surface area contributed by atoms with Crippen molar-refractivity contribution in [2.75, 3.05) is 13.1 Å². The van der Waals surface area contributed by atoms with Crippen molar-refractivity contribution in [3.05, 3.63) is 53.6 Å². The van der Waals surface area contributed by atoms with Crippen molar-refractivity contribution in [2.24, 2.45) is 0 Å². The third-order valence-corrected chi connectivity index (χ3v) is 3.55. The normalized spacial score (nSPS) is 16.1. The van der Waals surface area contributed by atoms with Crippen LogP contribution in [0.25, 0.3) is 0 Å². The lowest BCUT2D eigenvalue weighted by Gasteiger charge is -2.27. The molecule has 0 amide bonds. The Morgan fingerprint density at radius 2 is 2.10 bits per heavy atom. The van der Waals surface area contributed by atoms with Gasteiger partial charge in [-0.05, 0) is 17.7 Å². The second-order valence-electron chi connectivity index (χ2n) is 5.00. The minimum atomic E-state index is -4.30. The number of alkyl halides is 3. The molecule has 3 nitrogen and oxygen atoms in total. The van der Waals surface area contributed by atoms with E-state index in [4.69, 9.17) is 0 Å². The predicted octanol–water partition coefficient (Wildman–Crippen LogP) is 2.64. The Kier molecular flexibility index (Phi) is 3.25. The van der Waals surface area contributed by atoms with Crippen LogP contribution in [0.15, 0.2) is 36.8 Å². The second-order valence-corrected chi connectivity index (χ2v) is 5.00. The first-order valence-corrected chi connectivity index (χ1v) is 6.41. The van der Waals surface area contributed by atoms with Crippen molar-refractivity contribution in [1.29, 1.82) is 0 Å². The molecule has 3 rings (SSSR count). The SMILES string of the molecule is FC(F)(F)c1cccc(Cn2cncc2C2CNC2)c1. The number of hydrogen-bond acceptors (Lipinski definition) is 2. The molecule has 1 saturated heterocycles. The van der Waals surface area contributed by atoms with Crippen LogP contribution in [0.1, 0.15) is 22.7 Å². The van der Waals surface area contributed by atoms with Gasteiger partial charge in [0.05, 0.1) is 11.9 Å². The molecule has 0 bridgehead atoms. The van der Waals surface area contributed by atoms with E-state index in [2.05, 4.69) is 10.3 Å². The van der Waals surface area contributed by atoms with Gasteiger partial charge < -0.3 is 9.88 Å². The van der Waals surface area contributed by atoms with Crippen molar-refractivity contribution in [1.82, 2.24) is 14.9 Å². The number of aromatic nitrogens is 2. The van der Waals surface area contributed by atoms with Gasteiger partial charge in [0.1, 0.15) is 0 Å². The fourth-order valence-corrected chi connectivity index (χ4v) is 2.34. The molecule has 1 fully saturated rings. The number of rotatable bonds is 3. The fourth-order valence-electron chi connectivity index (χ4n) is 2.34. The quantitative estimate of drug-likeness (QED) is 0.937. The van der Waals surface area contributed by atoms with Gasteiger partial charge in [0.2, 0.25) is 0 Å². The summed E-state index contributed by atoms with van der Waals surface area (Å²) < 4.78 is 40.0. The number of nitrogens with one attached hydrogen (secondary N) is 1. The Labute approximate surface area is 114 Å². The van der Waals surface area contributed by atoms with Gasteiger partial charge in [-0.2, -0.15) is 13.2 Å². The van der Waals surface area contributed by atoms with Crippen LogP contribution in [0, 0.1) is 0 Å². The van der Waals surface area contributed by atoms with Gasteiger partial charge in [0.15, 0.2) is 0 Å². The molecule has 0 aliphatic carbocycles. The Hall–Kier alpha value is -1.82. The van der Waals surface area contributed by atoms with Crippen molar-refractivity contribution in [3.8, 4) is 0 Å². The summed E-state index contributed by atoms with van der Waals surface area (Å²) in [5.74, 6) is 0.406. The van der Waals surface area contributed by atoms with Crippen LogP contribution in [0.3, 0.4) is 0 Å². The van der Waals surface area contributed by atoms with Crippen molar-refractivity contribution < 1.29 is 13.2 Å². The zero-order valence-electron chi connectivity index (χ0n) is 10.7. The van der Waals surface area contributed by atoms with Gasteiger partial charge in [-0.15, -0.1) is 0 Å². The van der Waals surface area contributed by atoms with E-state index >= 15 is 0 Å². The average Bonchev–Trinajstić information content (AvgIpc) is 2.74. The summed E-state index contributed by atoms with van der Waals surface area (Å²) in [7, 11) is 0. The highest BCUT2D eigenvalue weighted by Crippen LogP contribution is 2.30. The standard InChI is InChI=1S/C14H14F3N3/c15-14(16,17)12-3-1-2-10(4-12)8-20-9-19-7-13(20)11-5-18-6-11/h1-4,7,9,11,18H,5-6,8H2. The molecule has 20 heavy (non-hydrogen) atoms. The molecule has 0 radical (unpaired) electrons. The largest absolute Gasteiger partial charge is 0.416 e. The van der Waals surface area contributed by atoms with E-state index in [-0.39, 0.29) is 0 Å². The summed E-state index contributed by atoms with van der Waals surface area (Å²) in [5, 5.41) is 3.18. The van der Waals surface area contributed by atoms with Crippen LogP contribution in [0.2, 0.25) is 0 Å². The maximum atomic E-state index is 12.7. The van der Waals surface area contributed by atoms with Crippen molar-refractivity contribution >= 4 is 0 Å². The molecule has 6 heteroatoms. The zero-order chi connectivity index (χ0) is 14.2. The van der Waals surface area contributed by atoms with E-state index in [0.717, 1.165) is 24.8 Å². The van der Waals surface area contributed by atoms with Crippen LogP contribution >= 0.6 is 0 Å². The first-order valence-electron chi connectivity index (χ1n) is 6.41. The van der Waals surface area contributed by atoms with Gasteiger partial charge >= 0.3 is 6.18 Å².